The standard InChI is InChI=1S/C20H20N2O5/c23-19(21-15-6-7-16-17(10-15)27-13-26-16)11-18-20(24)22(8-9-25-18)12-14-4-2-1-3-5-14/h1-7,10,18H,8-9,11-13H2,(H,21,23)/t18-/m1/s1. The summed E-state index contributed by atoms with van der Waals surface area (Å²) in [4.78, 5) is 26.7. The van der Waals surface area contributed by atoms with Gasteiger partial charge in [0.1, 0.15) is 6.10 Å². The Balaban J connectivity index is 1.35. The zero-order valence-electron chi connectivity index (χ0n) is 14.7. The molecule has 2 aromatic rings. The van der Waals surface area contributed by atoms with Gasteiger partial charge in [-0.15, -0.1) is 0 Å². The van der Waals surface area contributed by atoms with Gasteiger partial charge in [0.15, 0.2) is 11.5 Å². The summed E-state index contributed by atoms with van der Waals surface area (Å²) in [6.45, 7) is 1.63. The minimum Gasteiger partial charge on any atom is -0.454 e. The summed E-state index contributed by atoms with van der Waals surface area (Å²) in [6, 6.07) is 14.9. The highest BCUT2D eigenvalue weighted by atomic mass is 16.7. The largest absolute Gasteiger partial charge is 0.454 e. The lowest BCUT2D eigenvalue weighted by Gasteiger charge is -2.32. The molecule has 140 valence electrons. The van der Waals surface area contributed by atoms with Gasteiger partial charge >= 0.3 is 0 Å². The molecule has 27 heavy (non-hydrogen) atoms. The monoisotopic (exact) mass is 368 g/mol. The number of fused-ring (bicyclic) bond motifs is 1. The Morgan fingerprint density at radius 3 is 2.78 bits per heavy atom. The fraction of sp³-hybridized carbons (Fsp3) is 0.300. The summed E-state index contributed by atoms with van der Waals surface area (Å²) in [7, 11) is 0. The summed E-state index contributed by atoms with van der Waals surface area (Å²) >= 11 is 0. The van der Waals surface area contributed by atoms with Crippen LogP contribution in [0.3, 0.4) is 0 Å². The summed E-state index contributed by atoms with van der Waals surface area (Å²) in [5, 5.41) is 2.78. The zero-order valence-corrected chi connectivity index (χ0v) is 14.7. The number of amides is 2. The van der Waals surface area contributed by atoms with E-state index in [1.807, 2.05) is 30.3 Å². The predicted molar refractivity (Wildman–Crippen MR) is 97.4 cm³/mol. The number of ether oxygens (including phenoxy) is 3. The minimum absolute atomic E-state index is 0.0292. The summed E-state index contributed by atoms with van der Waals surface area (Å²) in [5.41, 5.74) is 1.64. The van der Waals surface area contributed by atoms with Crippen molar-refractivity contribution in [2.45, 2.75) is 19.1 Å². The third-order valence-corrected chi connectivity index (χ3v) is 4.51. The number of nitrogens with one attached hydrogen (secondary N) is 1. The van der Waals surface area contributed by atoms with Gasteiger partial charge in [-0.05, 0) is 17.7 Å². The van der Waals surface area contributed by atoms with Crippen LogP contribution in [0.1, 0.15) is 12.0 Å². The predicted octanol–water partition coefficient (Wildman–Crippen LogP) is 2.17. The van der Waals surface area contributed by atoms with Crippen molar-refractivity contribution in [3.8, 4) is 11.5 Å². The normalized spacial score (nSPS) is 18.4. The summed E-state index contributed by atoms with van der Waals surface area (Å²) in [5.74, 6) is 0.793. The van der Waals surface area contributed by atoms with E-state index < -0.39 is 6.10 Å². The van der Waals surface area contributed by atoms with Crippen LogP contribution < -0.4 is 14.8 Å². The van der Waals surface area contributed by atoms with Crippen molar-refractivity contribution in [1.82, 2.24) is 4.90 Å². The van der Waals surface area contributed by atoms with Crippen LogP contribution in [0.15, 0.2) is 48.5 Å². The minimum atomic E-state index is -0.767. The molecule has 0 aliphatic carbocycles. The number of benzene rings is 2. The topological polar surface area (TPSA) is 77.1 Å². The van der Waals surface area contributed by atoms with E-state index in [0.717, 1.165) is 5.56 Å². The number of anilines is 1. The van der Waals surface area contributed by atoms with Gasteiger partial charge < -0.3 is 24.4 Å². The molecule has 0 unspecified atom stereocenters. The van der Waals surface area contributed by atoms with Crippen molar-refractivity contribution in [3.05, 3.63) is 54.1 Å². The zero-order chi connectivity index (χ0) is 18.6. The highest BCUT2D eigenvalue weighted by Crippen LogP contribution is 2.34. The molecule has 7 heteroatoms. The van der Waals surface area contributed by atoms with Gasteiger partial charge in [0.05, 0.1) is 13.0 Å². The second kappa shape index (κ2) is 7.67. The maximum absolute atomic E-state index is 12.7. The third-order valence-electron chi connectivity index (χ3n) is 4.51. The Morgan fingerprint density at radius 2 is 1.93 bits per heavy atom. The molecule has 2 heterocycles. The number of rotatable bonds is 5. The van der Waals surface area contributed by atoms with Crippen LogP contribution in [-0.2, 0) is 20.9 Å². The Kier molecular flexibility index (Phi) is 4.93. The molecule has 1 atom stereocenters. The van der Waals surface area contributed by atoms with E-state index in [2.05, 4.69) is 5.32 Å². The first-order valence-corrected chi connectivity index (χ1v) is 8.83. The fourth-order valence-corrected chi connectivity index (χ4v) is 3.15. The van der Waals surface area contributed by atoms with E-state index in [1.54, 1.807) is 23.1 Å². The van der Waals surface area contributed by atoms with E-state index in [1.165, 1.54) is 0 Å². The van der Waals surface area contributed by atoms with Crippen molar-refractivity contribution in [2.75, 3.05) is 25.3 Å². The highest BCUT2D eigenvalue weighted by molar-refractivity contribution is 5.95. The molecule has 0 bridgehead atoms. The van der Waals surface area contributed by atoms with Crippen molar-refractivity contribution in [3.63, 3.8) is 0 Å². The van der Waals surface area contributed by atoms with Crippen molar-refractivity contribution < 1.29 is 23.8 Å². The number of hydrogen-bond acceptors (Lipinski definition) is 5. The van der Waals surface area contributed by atoms with Crippen LogP contribution in [0.2, 0.25) is 0 Å². The maximum Gasteiger partial charge on any atom is 0.252 e. The summed E-state index contributed by atoms with van der Waals surface area (Å²) in [6.07, 6.45) is -0.796. The molecular weight excluding hydrogens is 348 g/mol. The Hall–Kier alpha value is -3.06. The van der Waals surface area contributed by atoms with Crippen LogP contribution in [0.5, 0.6) is 11.5 Å². The Bertz CT molecular complexity index is 840. The molecule has 1 N–H and O–H groups in total. The number of hydrogen-bond donors (Lipinski definition) is 1. The van der Waals surface area contributed by atoms with E-state index in [4.69, 9.17) is 14.2 Å². The second-order valence-corrected chi connectivity index (χ2v) is 6.43. The quantitative estimate of drug-likeness (QED) is 0.875. The van der Waals surface area contributed by atoms with Crippen LogP contribution in [0.25, 0.3) is 0 Å². The molecule has 2 amide bonds. The maximum atomic E-state index is 12.7. The second-order valence-electron chi connectivity index (χ2n) is 6.43. The van der Waals surface area contributed by atoms with Gasteiger partial charge in [0.25, 0.3) is 5.91 Å². The van der Waals surface area contributed by atoms with Crippen LogP contribution in [-0.4, -0.2) is 42.8 Å². The van der Waals surface area contributed by atoms with E-state index in [0.29, 0.717) is 36.9 Å². The first kappa shape index (κ1) is 17.4. The Labute approximate surface area is 156 Å². The average Bonchev–Trinajstić information content (AvgIpc) is 3.14. The van der Waals surface area contributed by atoms with Crippen molar-refractivity contribution >= 4 is 17.5 Å². The van der Waals surface area contributed by atoms with Gasteiger partial charge in [-0.25, -0.2) is 0 Å². The van der Waals surface area contributed by atoms with Crippen LogP contribution in [0.4, 0.5) is 5.69 Å². The molecule has 2 aliphatic rings. The van der Waals surface area contributed by atoms with Crippen molar-refractivity contribution in [2.24, 2.45) is 0 Å². The number of nitrogens with zero attached hydrogens (tertiary/aromatic N) is 1. The van der Waals surface area contributed by atoms with Gasteiger partial charge in [-0.3, -0.25) is 9.59 Å². The molecule has 0 saturated carbocycles. The van der Waals surface area contributed by atoms with Gasteiger partial charge in [-0.2, -0.15) is 0 Å². The lowest BCUT2D eigenvalue weighted by atomic mass is 10.1. The number of carbonyl (C=O) groups is 2. The van der Waals surface area contributed by atoms with E-state index in [-0.39, 0.29) is 25.0 Å². The SMILES string of the molecule is O=C(C[C@H]1OCCN(Cc2ccccc2)C1=O)Nc1ccc2c(c1)OCO2. The molecule has 1 saturated heterocycles. The molecule has 1 fully saturated rings. The lowest BCUT2D eigenvalue weighted by molar-refractivity contribution is -0.155. The smallest absolute Gasteiger partial charge is 0.252 e. The van der Waals surface area contributed by atoms with E-state index in [9.17, 15) is 9.59 Å². The molecule has 0 aromatic heterocycles. The number of carbonyl (C=O) groups excluding carboxylic acids is 2. The van der Waals surface area contributed by atoms with Crippen LogP contribution >= 0.6 is 0 Å². The first-order chi connectivity index (χ1) is 13.2. The van der Waals surface area contributed by atoms with Gasteiger partial charge in [0, 0.05) is 24.8 Å². The van der Waals surface area contributed by atoms with Crippen molar-refractivity contribution in [1.29, 1.82) is 0 Å². The van der Waals surface area contributed by atoms with Gasteiger partial charge in [-0.1, -0.05) is 30.3 Å². The lowest BCUT2D eigenvalue weighted by Crippen LogP contribution is -2.48. The third kappa shape index (κ3) is 4.03. The number of morpholine rings is 1. The molecular formula is C20H20N2O5. The first-order valence-electron chi connectivity index (χ1n) is 8.83. The molecule has 2 aromatic carbocycles. The summed E-state index contributed by atoms with van der Waals surface area (Å²) < 4.78 is 16.1. The molecule has 0 radical (unpaired) electrons. The molecule has 4 rings (SSSR count). The molecule has 0 spiro atoms. The molecule has 2 aliphatic heterocycles. The average molecular weight is 368 g/mol. The molecule has 7 nitrogen and oxygen atoms in total. The fourth-order valence-electron chi connectivity index (χ4n) is 3.15. The highest BCUT2D eigenvalue weighted by Gasteiger charge is 2.31. The Morgan fingerprint density at radius 1 is 1.11 bits per heavy atom. The van der Waals surface area contributed by atoms with Gasteiger partial charge in [0.2, 0.25) is 12.7 Å². The van der Waals surface area contributed by atoms with Crippen LogP contribution in [0, 0.1) is 0 Å². The van der Waals surface area contributed by atoms with E-state index >= 15 is 0 Å².